The minimum absolute atomic E-state index is 0.0305. The zero-order valence-electron chi connectivity index (χ0n) is 14.4. The van der Waals surface area contributed by atoms with Gasteiger partial charge in [-0.1, -0.05) is 23.7 Å². The maximum absolute atomic E-state index is 11.7. The van der Waals surface area contributed by atoms with E-state index in [0.717, 1.165) is 0 Å². The second kappa shape index (κ2) is 8.83. The van der Waals surface area contributed by atoms with Crippen LogP contribution in [0.25, 0.3) is 11.3 Å². The Hall–Kier alpha value is -3.65. The standard InChI is InChI=1S/C19H14ClN3O5/c20-14-4-6-16(7-5-14)27-12-19(24)22-21-11-17-8-9-18(28-17)13-2-1-3-15(10-13)23(25)26/h1-11H,12H2,(H,22,24). The van der Waals surface area contributed by atoms with Gasteiger partial charge in [0.2, 0.25) is 0 Å². The summed E-state index contributed by atoms with van der Waals surface area (Å²) in [7, 11) is 0. The van der Waals surface area contributed by atoms with E-state index in [1.807, 2.05) is 0 Å². The lowest BCUT2D eigenvalue weighted by Crippen LogP contribution is -2.24. The van der Waals surface area contributed by atoms with Gasteiger partial charge in [0.1, 0.15) is 17.3 Å². The van der Waals surface area contributed by atoms with Gasteiger partial charge in [0, 0.05) is 22.7 Å². The second-order valence-corrected chi connectivity index (χ2v) is 5.98. The number of nitro groups is 1. The molecular formula is C19H14ClN3O5. The van der Waals surface area contributed by atoms with Crippen molar-refractivity contribution in [3.63, 3.8) is 0 Å². The summed E-state index contributed by atoms with van der Waals surface area (Å²) in [6.07, 6.45) is 1.32. The summed E-state index contributed by atoms with van der Waals surface area (Å²) in [5.74, 6) is 0.885. The molecule has 0 atom stereocenters. The van der Waals surface area contributed by atoms with Crippen LogP contribution in [0.3, 0.4) is 0 Å². The number of halogens is 1. The molecular weight excluding hydrogens is 386 g/mol. The molecule has 0 unspecified atom stereocenters. The maximum Gasteiger partial charge on any atom is 0.277 e. The van der Waals surface area contributed by atoms with E-state index in [-0.39, 0.29) is 12.3 Å². The Balaban J connectivity index is 1.53. The Labute approximate surface area is 164 Å². The largest absolute Gasteiger partial charge is 0.484 e. The van der Waals surface area contributed by atoms with Crippen LogP contribution < -0.4 is 10.2 Å². The third-order valence-corrected chi connectivity index (χ3v) is 3.78. The van der Waals surface area contributed by atoms with E-state index < -0.39 is 10.8 Å². The van der Waals surface area contributed by atoms with Crippen molar-refractivity contribution in [2.24, 2.45) is 5.10 Å². The molecule has 0 aliphatic carbocycles. The molecule has 0 aliphatic rings. The van der Waals surface area contributed by atoms with Gasteiger partial charge < -0.3 is 9.15 Å². The van der Waals surface area contributed by atoms with Gasteiger partial charge in [-0.2, -0.15) is 5.10 Å². The Morgan fingerprint density at radius 1 is 1.21 bits per heavy atom. The van der Waals surface area contributed by atoms with Gasteiger partial charge >= 0.3 is 0 Å². The smallest absolute Gasteiger partial charge is 0.277 e. The molecule has 0 spiro atoms. The van der Waals surface area contributed by atoms with E-state index in [2.05, 4.69) is 10.5 Å². The van der Waals surface area contributed by atoms with E-state index in [9.17, 15) is 14.9 Å². The fraction of sp³-hybridized carbons (Fsp3) is 0.0526. The van der Waals surface area contributed by atoms with Crippen LogP contribution in [-0.4, -0.2) is 23.7 Å². The van der Waals surface area contributed by atoms with E-state index in [1.165, 1.54) is 18.3 Å². The van der Waals surface area contributed by atoms with E-state index in [0.29, 0.717) is 27.9 Å². The second-order valence-electron chi connectivity index (χ2n) is 5.55. The fourth-order valence-electron chi connectivity index (χ4n) is 2.23. The van der Waals surface area contributed by atoms with Gasteiger partial charge in [-0.15, -0.1) is 0 Å². The fourth-order valence-corrected chi connectivity index (χ4v) is 2.36. The number of carbonyl (C=O) groups is 1. The first-order valence-corrected chi connectivity index (χ1v) is 8.44. The van der Waals surface area contributed by atoms with Crippen molar-refractivity contribution in [2.75, 3.05) is 6.61 Å². The summed E-state index contributed by atoms with van der Waals surface area (Å²) in [6, 6.07) is 16.0. The molecule has 0 radical (unpaired) electrons. The minimum Gasteiger partial charge on any atom is -0.484 e. The molecule has 0 saturated carbocycles. The van der Waals surface area contributed by atoms with Crippen molar-refractivity contribution in [1.82, 2.24) is 5.43 Å². The van der Waals surface area contributed by atoms with Crippen molar-refractivity contribution in [1.29, 1.82) is 0 Å². The molecule has 1 N–H and O–H groups in total. The van der Waals surface area contributed by atoms with Crippen molar-refractivity contribution in [3.05, 3.63) is 81.6 Å². The maximum atomic E-state index is 11.7. The lowest BCUT2D eigenvalue weighted by atomic mass is 10.1. The zero-order chi connectivity index (χ0) is 19.9. The third-order valence-electron chi connectivity index (χ3n) is 3.53. The number of benzene rings is 2. The van der Waals surface area contributed by atoms with Crippen molar-refractivity contribution in [2.45, 2.75) is 0 Å². The Bertz CT molecular complexity index is 1010. The van der Waals surface area contributed by atoms with Crippen LogP contribution in [0.15, 0.2) is 70.2 Å². The summed E-state index contributed by atoms with van der Waals surface area (Å²) in [4.78, 5) is 22.1. The SMILES string of the molecule is O=C(COc1ccc(Cl)cc1)NN=Cc1ccc(-c2cccc([N+](=O)[O-])c2)o1. The summed E-state index contributed by atoms with van der Waals surface area (Å²) >= 11 is 5.77. The molecule has 3 rings (SSSR count). The molecule has 0 fully saturated rings. The van der Waals surface area contributed by atoms with Crippen molar-refractivity contribution >= 4 is 29.4 Å². The highest BCUT2D eigenvalue weighted by Gasteiger charge is 2.10. The van der Waals surface area contributed by atoms with Crippen LogP contribution >= 0.6 is 11.6 Å². The Morgan fingerprint density at radius 2 is 2.00 bits per heavy atom. The highest BCUT2D eigenvalue weighted by atomic mass is 35.5. The number of non-ortho nitro benzene ring substituents is 1. The number of rotatable bonds is 7. The third kappa shape index (κ3) is 5.18. The van der Waals surface area contributed by atoms with Crippen molar-refractivity contribution < 1.29 is 18.9 Å². The lowest BCUT2D eigenvalue weighted by molar-refractivity contribution is -0.384. The first kappa shape index (κ1) is 19.1. The van der Waals surface area contributed by atoms with Gasteiger partial charge in [0.15, 0.2) is 6.61 Å². The van der Waals surface area contributed by atoms with Gasteiger partial charge in [-0.25, -0.2) is 5.43 Å². The Kier molecular flexibility index (Phi) is 6.03. The number of hydrogen-bond acceptors (Lipinski definition) is 6. The molecule has 1 aromatic heterocycles. The van der Waals surface area contributed by atoms with Crippen molar-refractivity contribution in [3.8, 4) is 17.1 Å². The van der Waals surface area contributed by atoms with Crippen LogP contribution in [-0.2, 0) is 4.79 Å². The predicted molar refractivity (Wildman–Crippen MR) is 103 cm³/mol. The molecule has 142 valence electrons. The molecule has 0 bridgehead atoms. The normalized spacial score (nSPS) is 10.8. The summed E-state index contributed by atoms with van der Waals surface area (Å²) < 4.78 is 10.9. The van der Waals surface area contributed by atoms with Crippen LogP contribution in [0.1, 0.15) is 5.76 Å². The van der Waals surface area contributed by atoms with Crippen LogP contribution in [0.2, 0.25) is 5.02 Å². The van der Waals surface area contributed by atoms with E-state index in [4.69, 9.17) is 20.8 Å². The highest BCUT2D eigenvalue weighted by Crippen LogP contribution is 2.25. The molecule has 8 nitrogen and oxygen atoms in total. The number of nitrogens with zero attached hydrogens (tertiary/aromatic N) is 2. The topological polar surface area (TPSA) is 107 Å². The van der Waals surface area contributed by atoms with Gasteiger partial charge in [0.25, 0.3) is 11.6 Å². The lowest BCUT2D eigenvalue weighted by Gasteiger charge is -2.04. The molecule has 1 amide bonds. The molecule has 28 heavy (non-hydrogen) atoms. The van der Waals surface area contributed by atoms with Crippen LogP contribution in [0, 0.1) is 10.1 Å². The summed E-state index contributed by atoms with van der Waals surface area (Å²) in [5.41, 5.74) is 2.85. The quantitative estimate of drug-likeness (QED) is 0.366. The van der Waals surface area contributed by atoms with Gasteiger partial charge in [-0.05, 0) is 36.4 Å². The number of nitrogens with one attached hydrogen (secondary N) is 1. The van der Waals surface area contributed by atoms with Gasteiger partial charge in [0.05, 0.1) is 11.1 Å². The zero-order valence-corrected chi connectivity index (χ0v) is 15.1. The number of hydrazone groups is 1. The average Bonchev–Trinajstić information content (AvgIpc) is 3.16. The highest BCUT2D eigenvalue weighted by molar-refractivity contribution is 6.30. The van der Waals surface area contributed by atoms with Crippen LogP contribution in [0.4, 0.5) is 5.69 Å². The average molecular weight is 400 g/mol. The number of carbonyl (C=O) groups excluding carboxylic acids is 1. The molecule has 1 heterocycles. The Morgan fingerprint density at radius 3 is 2.75 bits per heavy atom. The number of ether oxygens (including phenoxy) is 1. The number of amides is 1. The predicted octanol–water partition coefficient (Wildman–Crippen LogP) is 4.04. The van der Waals surface area contributed by atoms with Gasteiger partial charge in [-0.3, -0.25) is 14.9 Å². The molecule has 0 aliphatic heterocycles. The monoisotopic (exact) mass is 399 g/mol. The number of furan rings is 1. The summed E-state index contributed by atoms with van der Waals surface area (Å²) in [5, 5.41) is 15.2. The van der Waals surface area contributed by atoms with E-state index >= 15 is 0 Å². The minimum atomic E-state index is -0.476. The summed E-state index contributed by atoms with van der Waals surface area (Å²) in [6.45, 7) is -0.212. The molecule has 9 heteroatoms. The number of nitro benzene ring substituents is 1. The first-order chi connectivity index (χ1) is 13.5. The molecule has 0 saturated heterocycles. The van der Waals surface area contributed by atoms with E-state index in [1.54, 1.807) is 48.5 Å². The first-order valence-electron chi connectivity index (χ1n) is 8.06. The molecule has 2 aromatic carbocycles. The van der Waals surface area contributed by atoms with Crippen LogP contribution in [0.5, 0.6) is 5.75 Å². The molecule has 3 aromatic rings. The number of hydrogen-bond donors (Lipinski definition) is 1.